The lowest BCUT2D eigenvalue weighted by Crippen LogP contribution is -2.57. The molecule has 1 N–H and O–H groups in total. The Bertz CT molecular complexity index is 177. The average molecular weight is 206 g/mol. The summed E-state index contributed by atoms with van der Waals surface area (Å²) in [4.78, 5) is 1.90. The van der Waals surface area contributed by atoms with E-state index in [-0.39, 0.29) is 18.0 Å². The van der Waals surface area contributed by atoms with Crippen molar-refractivity contribution in [1.29, 1.82) is 0 Å². The molecule has 4 heteroatoms. The minimum Gasteiger partial charge on any atom is -0.314 e. The molecule has 0 aromatic heterocycles. The molecule has 1 heterocycles. The molecule has 84 valence electrons. The molecule has 0 amide bonds. The van der Waals surface area contributed by atoms with Crippen molar-refractivity contribution in [3.05, 3.63) is 0 Å². The largest absolute Gasteiger partial charge is 0.314 e. The Balaban J connectivity index is 2.59. The molecule has 1 fully saturated rings. The highest BCUT2D eigenvalue weighted by Crippen LogP contribution is 2.25. The predicted molar refractivity (Wildman–Crippen MR) is 53.7 cm³/mol. The summed E-state index contributed by atoms with van der Waals surface area (Å²) in [5.74, 6) is 0. The van der Waals surface area contributed by atoms with Gasteiger partial charge in [-0.3, -0.25) is 4.90 Å². The van der Waals surface area contributed by atoms with E-state index in [9.17, 15) is 8.78 Å². The average Bonchev–Trinajstić information content (AvgIpc) is 2.01. The molecule has 2 nitrogen and oxygen atoms in total. The molecule has 1 unspecified atom stereocenters. The van der Waals surface area contributed by atoms with Crippen LogP contribution in [0, 0.1) is 5.41 Å². The maximum atomic E-state index is 12.3. The quantitative estimate of drug-likeness (QED) is 0.738. The topological polar surface area (TPSA) is 15.3 Å². The van der Waals surface area contributed by atoms with Crippen LogP contribution in [-0.2, 0) is 0 Å². The smallest absolute Gasteiger partial charge is 0.251 e. The Morgan fingerprint density at radius 2 is 2.07 bits per heavy atom. The molecule has 0 aromatic rings. The summed E-state index contributed by atoms with van der Waals surface area (Å²) < 4.78 is 24.6. The molecular formula is C10H20F2N2. The molecular weight excluding hydrogens is 186 g/mol. The van der Waals surface area contributed by atoms with Gasteiger partial charge in [-0.1, -0.05) is 20.8 Å². The van der Waals surface area contributed by atoms with E-state index in [1.807, 2.05) is 4.90 Å². The highest BCUT2D eigenvalue weighted by atomic mass is 19.3. The number of nitrogens with one attached hydrogen (secondary N) is 1. The van der Waals surface area contributed by atoms with E-state index >= 15 is 0 Å². The van der Waals surface area contributed by atoms with E-state index in [4.69, 9.17) is 0 Å². The van der Waals surface area contributed by atoms with Gasteiger partial charge in [-0.25, -0.2) is 8.78 Å². The van der Waals surface area contributed by atoms with Gasteiger partial charge in [0.25, 0.3) is 6.43 Å². The summed E-state index contributed by atoms with van der Waals surface area (Å²) in [5, 5.41) is 3.26. The highest BCUT2D eigenvalue weighted by Gasteiger charge is 2.33. The van der Waals surface area contributed by atoms with Crippen molar-refractivity contribution in [2.24, 2.45) is 5.41 Å². The van der Waals surface area contributed by atoms with Gasteiger partial charge in [0.05, 0.1) is 6.54 Å². The summed E-state index contributed by atoms with van der Waals surface area (Å²) in [6.45, 7) is 8.57. The van der Waals surface area contributed by atoms with E-state index in [1.165, 1.54) is 0 Å². The Kier molecular flexibility index (Phi) is 3.84. The summed E-state index contributed by atoms with van der Waals surface area (Å²) in [7, 11) is 0. The molecule has 0 saturated carbocycles. The minimum absolute atomic E-state index is 0.0578. The zero-order valence-electron chi connectivity index (χ0n) is 9.19. The summed E-state index contributed by atoms with van der Waals surface area (Å²) >= 11 is 0. The van der Waals surface area contributed by atoms with Gasteiger partial charge in [0.2, 0.25) is 0 Å². The second-order valence-electron chi connectivity index (χ2n) is 4.97. The first-order chi connectivity index (χ1) is 6.41. The van der Waals surface area contributed by atoms with Gasteiger partial charge in [-0.15, -0.1) is 0 Å². The fourth-order valence-corrected chi connectivity index (χ4v) is 2.00. The van der Waals surface area contributed by atoms with Gasteiger partial charge in [0.1, 0.15) is 0 Å². The number of piperazine rings is 1. The minimum atomic E-state index is -2.22. The van der Waals surface area contributed by atoms with Crippen LogP contribution < -0.4 is 5.32 Å². The Morgan fingerprint density at radius 3 is 2.57 bits per heavy atom. The molecule has 1 saturated heterocycles. The number of alkyl halides is 2. The molecule has 14 heavy (non-hydrogen) atoms. The molecule has 1 atom stereocenters. The van der Waals surface area contributed by atoms with E-state index in [2.05, 4.69) is 26.1 Å². The van der Waals surface area contributed by atoms with Crippen LogP contribution in [0.15, 0.2) is 0 Å². The first-order valence-electron chi connectivity index (χ1n) is 5.14. The number of hydrogen-bond acceptors (Lipinski definition) is 2. The van der Waals surface area contributed by atoms with Gasteiger partial charge in [-0.2, -0.15) is 0 Å². The zero-order valence-corrected chi connectivity index (χ0v) is 9.19. The zero-order chi connectivity index (χ0) is 10.8. The molecule has 0 bridgehead atoms. The van der Waals surface area contributed by atoms with Gasteiger partial charge in [0.15, 0.2) is 0 Å². The lowest BCUT2D eigenvalue weighted by atomic mass is 9.84. The van der Waals surface area contributed by atoms with Crippen molar-refractivity contribution in [2.75, 3.05) is 26.2 Å². The van der Waals surface area contributed by atoms with E-state index in [1.54, 1.807) is 0 Å². The molecule has 1 aliphatic heterocycles. The molecule has 0 aromatic carbocycles. The van der Waals surface area contributed by atoms with Crippen molar-refractivity contribution in [3.8, 4) is 0 Å². The van der Waals surface area contributed by atoms with Crippen LogP contribution in [0.2, 0.25) is 0 Å². The fourth-order valence-electron chi connectivity index (χ4n) is 2.00. The standard InChI is InChI=1S/C10H20F2N2/c1-10(2,3)8-6-13-4-5-14(8)7-9(11)12/h8-9,13H,4-7H2,1-3H3. The normalized spacial score (nSPS) is 25.7. The van der Waals surface area contributed by atoms with Gasteiger partial charge < -0.3 is 5.32 Å². The van der Waals surface area contributed by atoms with E-state index < -0.39 is 6.43 Å². The van der Waals surface area contributed by atoms with Crippen molar-refractivity contribution in [1.82, 2.24) is 10.2 Å². The number of nitrogens with zero attached hydrogens (tertiary/aromatic N) is 1. The third kappa shape index (κ3) is 3.17. The third-order valence-corrected chi connectivity index (χ3v) is 2.73. The number of hydrogen-bond donors (Lipinski definition) is 1. The van der Waals surface area contributed by atoms with Crippen molar-refractivity contribution >= 4 is 0 Å². The van der Waals surface area contributed by atoms with Crippen LogP contribution in [-0.4, -0.2) is 43.5 Å². The maximum absolute atomic E-state index is 12.3. The highest BCUT2D eigenvalue weighted by molar-refractivity contribution is 4.88. The first-order valence-corrected chi connectivity index (χ1v) is 5.14. The SMILES string of the molecule is CC(C)(C)C1CNCCN1CC(F)F. The second kappa shape index (κ2) is 4.53. The summed E-state index contributed by atoms with van der Waals surface area (Å²) in [5.41, 5.74) is 0.0578. The Hall–Kier alpha value is -0.220. The summed E-state index contributed by atoms with van der Waals surface area (Å²) in [6, 6.07) is 0.213. The molecule has 1 rings (SSSR count). The predicted octanol–water partition coefficient (Wildman–Crippen LogP) is 1.57. The Labute approximate surface area is 84.7 Å². The Morgan fingerprint density at radius 1 is 1.43 bits per heavy atom. The first kappa shape index (κ1) is 11.9. The molecule has 0 radical (unpaired) electrons. The van der Waals surface area contributed by atoms with E-state index in [0.29, 0.717) is 0 Å². The lowest BCUT2D eigenvalue weighted by Gasteiger charge is -2.43. The fraction of sp³-hybridized carbons (Fsp3) is 1.00. The monoisotopic (exact) mass is 206 g/mol. The van der Waals surface area contributed by atoms with Gasteiger partial charge in [-0.05, 0) is 5.41 Å². The van der Waals surface area contributed by atoms with Crippen LogP contribution in [0.4, 0.5) is 8.78 Å². The summed E-state index contributed by atoms with van der Waals surface area (Å²) in [6.07, 6.45) is -2.22. The van der Waals surface area contributed by atoms with Crippen LogP contribution in [0.25, 0.3) is 0 Å². The molecule has 1 aliphatic rings. The van der Waals surface area contributed by atoms with Crippen LogP contribution in [0.1, 0.15) is 20.8 Å². The molecule has 0 spiro atoms. The van der Waals surface area contributed by atoms with Gasteiger partial charge >= 0.3 is 0 Å². The van der Waals surface area contributed by atoms with Crippen molar-refractivity contribution < 1.29 is 8.78 Å². The van der Waals surface area contributed by atoms with Crippen LogP contribution in [0.5, 0.6) is 0 Å². The maximum Gasteiger partial charge on any atom is 0.251 e. The molecule has 0 aliphatic carbocycles. The van der Waals surface area contributed by atoms with Crippen LogP contribution >= 0.6 is 0 Å². The van der Waals surface area contributed by atoms with Crippen molar-refractivity contribution in [2.45, 2.75) is 33.2 Å². The van der Waals surface area contributed by atoms with E-state index in [0.717, 1.165) is 19.6 Å². The van der Waals surface area contributed by atoms with Gasteiger partial charge in [0, 0.05) is 25.7 Å². The number of rotatable bonds is 2. The lowest BCUT2D eigenvalue weighted by molar-refractivity contribution is 0.0177. The van der Waals surface area contributed by atoms with Crippen LogP contribution in [0.3, 0.4) is 0 Å². The second-order valence-corrected chi connectivity index (χ2v) is 4.97. The third-order valence-electron chi connectivity index (χ3n) is 2.73. The van der Waals surface area contributed by atoms with Crippen molar-refractivity contribution in [3.63, 3.8) is 0 Å². The number of halogens is 2.